The summed E-state index contributed by atoms with van der Waals surface area (Å²) < 4.78 is 44.1. The summed E-state index contributed by atoms with van der Waals surface area (Å²) in [5, 5.41) is 0. The molecule has 0 aliphatic rings. The fraction of sp³-hybridized carbons (Fsp3) is 0.833. The van der Waals surface area contributed by atoms with Gasteiger partial charge in [0, 0.05) is 6.92 Å². The zero-order chi connectivity index (χ0) is 9.78. The predicted molar refractivity (Wildman–Crippen MR) is 33.2 cm³/mol. The number of carbonyl (C=O) groups is 1. The lowest BCUT2D eigenvalue weighted by molar-refractivity contribution is -0.346. The van der Waals surface area contributed by atoms with Crippen LogP contribution < -0.4 is 0 Å². The highest BCUT2D eigenvalue weighted by molar-refractivity contribution is 5.66. The largest absolute Gasteiger partial charge is 0.428 e. The highest BCUT2D eigenvalue weighted by Crippen LogP contribution is 2.24. The molecule has 0 radical (unpaired) electrons. The van der Waals surface area contributed by atoms with Crippen LogP contribution in [-0.4, -0.2) is 25.0 Å². The van der Waals surface area contributed by atoms with Crippen LogP contribution in [-0.2, 0) is 14.3 Å². The van der Waals surface area contributed by atoms with E-state index in [1.54, 1.807) is 0 Å². The van der Waals surface area contributed by atoms with Gasteiger partial charge < -0.3 is 9.47 Å². The number of hydrogen-bond acceptors (Lipinski definition) is 3. The zero-order valence-electron chi connectivity index (χ0n) is 6.64. The van der Waals surface area contributed by atoms with Crippen LogP contribution in [0.3, 0.4) is 0 Å². The first-order valence-corrected chi connectivity index (χ1v) is 3.23. The minimum atomic E-state index is -3.61. The second-order valence-corrected chi connectivity index (χ2v) is 1.91. The van der Waals surface area contributed by atoms with Crippen LogP contribution in [0.2, 0.25) is 0 Å². The molecule has 0 saturated heterocycles. The highest BCUT2D eigenvalue weighted by atomic mass is 19.3. The maximum Gasteiger partial charge on any atom is 0.428 e. The minimum Gasteiger partial charge on any atom is -0.400 e. The third kappa shape index (κ3) is 3.08. The molecule has 0 heterocycles. The van der Waals surface area contributed by atoms with E-state index < -0.39 is 18.4 Å². The van der Waals surface area contributed by atoms with Crippen LogP contribution in [0.25, 0.3) is 0 Å². The topological polar surface area (TPSA) is 35.5 Å². The Kier molecular flexibility index (Phi) is 4.02. The smallest absolute Gasteiger partial charge is 0.400 e. The van der Waals surface area contributed by atoms with Crippen molar-refractivity contribution in [1.82, 2.24) is 0 Å². The summed E-state index contributed by atoms with van der Waals surface area (Å²) in [6.45, 7) is 1.81. The highest BCUT2D eigenvalue weighted by Gasteiger charge is 2.45. The molecule has 1 unspecified atom stereocenters. The molecule has 12 heavy (non-hydrogen) atoms. The Bertz CT molecular complexity index is 162. The van der Waals surface area contributed by atoms with E-state index in [9.17, 15) is 18.0 Å². The summed E-state index contributed by atoms with van der Waals surface area (Å²) in [4.78, 5) is 10.2. The van der Waals surface area contributed by atoms with Gasteiger partial charge in [-0.3, -0.25) is 4.79 Å². The van der Waals surface area contributed by atoms with E-state index in [4.69, 9.17) is 0 Å². The van der Waals surface area contributed by atoms with Crippen molar-refractivity contribution in [2.24, 2.45) is 0 Å². The Morgan fingerprint density at radius 2 is 2.08 bits per heavy atom. The molecule has 0 saturated carbocycles. The molecule has 0 bridgehead atoms. The molecule has 0 rings (SSSR count). The Morgan fingerprint density at radius 3 is 2.33 bits per heavy atom. The minimum absolute atomic E-state index is 0.311. The van der Waals surface area contributed by atoms with E-state index in [1.807, 2.05) is 0 Å². The molecule has 0 N–H and O–H groups in total. The van der Waals surface area contributed by atoms with Gasteiger partial charge >= 0.3 is 18.4 Å². The van der Waals surface area contributed by atoms with Crippen molar-refractivity contribution in [2.45, 2.75) is 26.3 Å². The number of esters is 1. The predicted octanol–water partition coefficient (Wildman–Crippen LogP) is 1.47. The van der Waals surface area contributed by atoms with Crippen molar-refractivity contribution >= 4 is 5.97 Å². The quantitative estimate of drug-likeness (QED) is 0.492. The standard InChI is InChI=1S/C6H9F3O3/c1-3-11-6(9,5(7)8)12-4(2)10/h5H,3H2,1-2H3. The average Bonchev–Trinajstić information content (AvgIpc) is 1.85. The lowest BCUT2D eigenvalue weighted by Crippen LogP contribution is -2.40. The summed E-state index contributed by atoms with van der Waals surface area (Å²) in [6, 6.07) is -3.61. The summed E-state index contributed by atoms with van der Waals surface area (Å²) >= 11 is 0. The molecule has 3 nitrogen and oxygen atoms in total. The van der Waals surface area contributed by atoms with Crippen molar-refractivity contribution in [3.05, 3.63) is 0 Å². The number of carbonyl (C=O) groups excluding carboxylic acids is 1. The molecule has 0 aromatic carbocycles. The maximum absolute atomic E-state index is 12.8. The van der Waals surface area contributed by atoms with Crippen LogP contribution in [0.15, 0.2) is 0 Å². The second-order valence-electron chi connectivity index (χ2n) is 1.91. The van der Waals surface area contributed by atoms with Crippen LogP contribution in [0.1, 0.15) is 13.8 Å². The SMILES string of the molecule is CCOC(F)(OC(C)=O)C(F)F. The normalized spacial score (nSPS) is 15.8. The van der Waals surface area contributed by atoms with Crippen molar-refractivity contribution < 1.29 is 27.4 Å². The van der Waals surface area contributed by atoms with E-state index in [2.05, 4.69) is 9.47 Å². The van der Waals surface area contributed by atoms with Crippen molar-refractivity contribution in [3.63, 3.8) is 0 Å². The van der Waals surface area contributed by atoms with Crippen molar-refractivity contribution in [3.8, 4) is 0 Å². The van der Waals surface area contributed by atoms with Gasteiger partial charge in [0.1, 0.15) is 0 Å². The number of alkyl halides is 3. The Labute approximate surface area is 67.4 Å². The molecule has 0 aliphatic heterocycles. The molecule has 0 fully saturated rings. The fourth-order valence-electron chi connectivity index (χ4n) is 0.530. The van der Waals surface area contributed by atoms with E-state index in [1.165, 1.54) is 6.92 Å². The average molecular weight is 186 g/mol. The van der Waals surface area contributed by atoms with Gasteiger partial charge in [0.25, 0.3) is 0 Å². The summed E-state index contributed by atoms with van der Waals surface area (Å²) in [6.07, 6.45) is -3.51. The molecule has 0 spiro atoms. The van der Waals surface area contributed by atoms with Crippen molar-refractivity contribution in [2.75, 3.05) is 6.61 Å². The third-order valence-corrected chi connectivity index (χ3v) is 0.885. The van der Waals surface area contributed by atoms with E-state index in [0.717, 1.165) is 6.92 Å². The first-order valence-electron chi connectivity index (χ1n) is 3.23. The van der Waals surface area contributed by atoms with Gasteiger partial charge in [-0.15, -0.1) is 0 Å². The monoisotopic (exact) mass is 186 g/mol. The molecule has 72 valence electrons. The van der Waals surface area contributed by atoms with Gasteiger partial charge in [0.2, 0.25) is 0 Å². The maximum atomic E-state index is 12.8. The third-order valence-electron chi connectivity index (χ3n) is 0.885. The molecule has 0 aromatic heterocycles. The number of hydrogen-bond donors (Lipinski definition) is 0. The van der Waals surface area contributed by atoms with Crippen molar-refractivity contribution in [1.29, 1.82) is 0 Å². The van der Waals surface area contributed by atoms with Gasteiger partial charge in [-0.25, -0.2) is 0 Å². The molecular formula is C6H9F3O3. The summed E-state index contributed by atoms with van der Waals surface area (Å²) in [5.41, 5.74) is 0. The van der Waals surface area contributed by atoms with E-state index >= 15 is 0 Å². The zero-order valence-corrected chi connectivity index (χ0v) is 6.64. The number of rotatable bonds is 4. The molecule has 0 amide bonds. The second kappa shape index (κ2) is 4.30. The van der Waals surface area contributed by atoms with Gasteiger partial charge in [0.15, 0.2) is 0 Å². The van der Waals surface area contributed by atoms with Gasteiger partial charge in [0.05, 0.1) is 6.61 Å². The molecule has 0 aromatic rings. The summed E-state index contributed by atoms with van der Waals surface area (Å²) in [5.74, 6) is -1.16. The first kappa shape index (κ1) is 11.2. The van der Waals surface area contributed by atoms with Crippen LogP contribution >= 0.6 is 0 Å². The lowest BCUT2D eigenvalue weighted by atomic mass is 10.6. The Hall–Kier alpha value is -0.780. The molecule has 6 heteroatoms. The molecular weight excluding hydrogens is 177 g/mol. The molecule has 0 aliphatic carbocycles. The van der Waals surface area contributed by atoms with Crippen LogP contribution in [0, 0.1) is 0 Å². The number of halogens is 3. The van der Waals surface area contributed by atoms with Gasteiger partial charge in [-0.2, -0.15) is 13.2 Å². The number of ether oxygens (including phenoxy) is 2. The Morgan fingerprint density at radius 1 is 1.58 bits per heavy atom. The lowest BCUT2D eigenvalue weighted by Gasteiger charge is -2.22. The van der Waals surface area contributed by atoms with E-state index in [-0.39, 0.29) is 6.61 Å². The molecule has 1 atom stereocenters. The van der Waals surface area contributed by atoms with Crippen LogP contribution in [0.5, 0.6) is 0 Å². The first-order chi connectivity index (χ1) is 5.42. The fourth-order valence-corrected chi connectivity index (χ4v) is 0.530. The van der Waals surface area contributed by atoms with Gasteiger partial charge in [-0.1, -0.05) is 0 Å². The van der Waals surface area contributed by atoms with Gasteiger partial charge in [-0.05, 0) is 6.92 Å². The summed E-state index contributed by atoms with van der Waals surface area (Å²) in [7, 11) is 0. The van der Waals surface area contributed by atoms with E-state index in [0.29, 0.717) is 0 Å². The Balaban J connectivity index is 4.28. The van der Waals surface area contributed by atoms with Crippen LogP contribution in [0.4, 0.5) is 13.2 Å².